The highest BCUT2D eigenvalue weighted by atomic mass is 19.1. The third-order valence-corrected chi connectivity index (χ3v) is 11.0. The van der Waals surface area contributed by atoms with E-state index in [0.717, 1.165) is 50.8 Å². The van der Waals surface area contributed by atoms with Gasteiger partial charge in [0.05, 0.1) is 28.3 Å². The molecule has 0 bridgehead atoms. The topological polar surface area (TPSA) is 147 Å². The Morgan fingerprint density at radius 3 is 2.31 bits per heavy atom. The van der Waals surface area contributed by atoms with Crippen molar-refractivity contribution in [3.63, 3.8) is 0 Å². The summed E-state index contributed by atoms with van der Waals surface area (Å²) in [6.45, 7) is 9.06. The maximum Gasteiger partial charge on any atom is 0.262 e. The van der Waals surface area contributed by atoms with Crippen molar-refractivity contribution in [3.8, 4) is 6.07 Å². The summed E-state index contributed by atoms with van der Waals surface area (Å²) >= 11 is 0. The number of imide groups is 2. The lowest BCUT2D eigenvalue weighted by atomic mass is 9.70. The molecule has 0 radical (unpaired) electrons. The van der Waals surface area contributed by atoms with Gasteiger partial charge in [-0.1, -0.05) is 26.8 Å². The predicted molar refractivity (Wildman–Crippen MR) is 185 cm³/mol. The molecule has 3 aliphatic heterocycles. The maximum atomic E-state index is 15.4. The Morgan fingerprint density at radius 2 is 1.63 bits per heavy atom. The average molecular weight is 687 g/mol. The monoisotopic (exact) mass is 686 g/mol. The molecule has 4 heterocycles. The molecule has 4 amide bonds. The number of ketones is 1. The molecule has 3 aromatic carbocycles. The minimum atomic E-state index is -1.11. The van der Waals surface area contributed by atoms with E-state index >= 15 is 4.39 Å². The van der Waals surface area contributed by atoms with E-state index in [2.05, 4.69) is 53.0 Å². The number of carbonyl (C=O) groups excluding carboxylic acids is 5. The van der Waals surface area contributed by atoms with Crippen LogP contribution < -0.4 is 10.2 Å². The summed E-state index contributed by atoms with van der Waals surface area (Å²) in [6, 6.07) is 13.1. The number of aryl methyl sites for hydroxylation is 1. The van der Waals surface area contributed by atoms with E-state index in [9.17, 15) is 29.2 Å². The van der Waals surface area contributed by atoms with Gasteiger partial charge >= 0.3 is 0 Å². The standard InChI is InChI=1S/C39H35FN6O5/c1-4-21-14-26-27(39(2,3)35-33(34(26)48)23-6-5-20(18-41)13-29(23)42-35)17-31(21)45-11-9-44(10-12-45)19-22-15-24-25(16-28(22)40)38(51)46(37(24)50)30-7-8-32(47)43-36(30)49/h5-6,13-17,30,42H,4,7-12,19H2,1-3H3,(H,43,47,49). The molecule has 1 aliphatic carbocycles. The lowest BCUT2D eigenvalue weighted by Crippen LogP contribution is -2.54. The highest BCUT2D eigenvalue weighted by Gasteiger charge is 2.45. The molecule has 0 saturated carbocycles. The summed E-state index contributed by atoms with van der Waals surface area (Å²) in [7, 11) is 0. The molecule has 0 spiro atoms. The number of piperazine rings is 1. The largest absolute Gasteiger partial charge is 0.369 e. The number of nitriles is 1. The van der Waals surface area contributed by atoms with Gasteiger partial charge in [-0.3, -0.25) is 39.1 Å². The van der Waals surface area contributed by atoms with Crippen LogP contribution in [0.4, 0.5) is 10.1 Å². The molecule has 12 heteroatoms. The number of rotatable bonds is 5. The zero-order valence-corrected chi connectivity index (χ0v) is 28.5. The molecule has 2 N–H and O–H groups in total. The number of nitrogens with zero attached hydrogens (tertiary/aromatic N) is 4. The molecule has 1 unspecified atom stereocenters. The van der Waals surface area contributed by atoms with Crippen LogP contribution in [0.15, 0.2) is 42.5 Å². The number of halogens is 1. The van der Waals surface area contributed by atoms with Crippen molar-refractivity contribution in [2.45, 2.75) is 58.0 Å². The lowest BCUT2D eigenvalue weighted by Gasteiger charge is -2.39. The van der Waals surface area contributed by atoms with Crippen LogP contribution in [-0.4, -0.2) is 76.4 Å². The SMILES string of the molecule is CCc1cc2c(cc1N1CCN(Cc3cc4c(cc3F)C(=O)N(C3CCC(=O)NC3=O)C4=O)CC1)C(C)(C)c1[nH]c3cc(C#N)ccc3c1C2=O. The molecule has 4 aromatic rings. The molecule has 1 aromatic heterocycles. The van der Waals surface area contributed by atoms with Gasteiger partial charge in [0.15, 0.2) is 5.78 Å². The number of fused-ring (bicyclic) bond motifs is 5. The molecule has 11 nitrogen and oxygen atoms in total. The zero-order valence-electron chi connectivity index (χ0n) is 28.5. The Hall–Kier alpha value is -5.67. The van der Waals surface area contributed by atoms with E-state index in [-0.39, 0.29) is 41.9 Å². The summed E-state index contributed by atoms with van der Waals surface area (Å²) in [5.74, 6) is -3.20. The smallest absolute Gasteiger partial charge is 0.262 e. The quantitative estimate of drug-likeness (QED) is 0.295. The van der Waals surface area contributed by atoms with Gasteiger partial charge in [0.2, 0.25) is 11.8 Å². The molecule has 1 atom stereocenters. The van der Waals surface area contributed by atoms with Crippen LogP contribution in [0.1, 0.15) is 98.2 Å². The Labute approximate surface area is 293 Å². The zero-order chi connectivity index (χ0) is 35.9. The highest BCUT2D eigenvalue weighted by Crippen LogP contribution is 2.46. The minimum absolute atomic E-state index is 0.00637. The fourth-order valence-corrected chi connectivity index (χ4v) is 8.20. The molecule has 4 aliphatic rings. The summed E-state index contributed by atoms with van der Waals surface area (Å²) in [4.78, 5) is 73.2. The number of amides is 4. The number of nitrogens with one attached hydrogen (secondary N) is 2. The fourth-order valence-electron chi connectivity index (χ4n) is 8.20. The van der Waals surface area contributed by atoms with Gasteiger partial charge in [-0.15, -0.1) is 0 Å². The summed E-state index contributed by atoms with van der Waals surface area (Å²) < 4.78 is 15.4. The Kier molecular flexibility index (Phi) is 7.46. The molecule has 8 rings (SSSR count). The highest BCUT2D eigenvalue weighted by molar-refractivity contribution is 6.23. The normalized spacial score (nSPS) is 20.0. The van der Waals surface area contributed by atoms with Crippen molar-refractivity contribution >= 4 is 46.0 Å². The average Bonchev–Trinajstić information content (AvgIpc) is 3.62. The number of piperidine rings is 1. The molecule has 51 heavy (non-hydrogen) atoms. The number of hydrogen-bond donors (Lipinski definition) is 2. The van der Waals surface area contributed by atoms with E-state index in [4.69, 9.17) is 0 Å². The van der Waals surface area contributed by atoms with Crippen molar-refractivity contribution in [1.29, 1.82) is 5.26 Å². The van der Waals surface area contributed by atoms with Crippen molar-refractivity contribution in [1.82, 2.24) is 20.1 Å². The van der Waals surface area contributed by atoms with Crippen LogP contribution in [0.25, 0.3) is 10.9 Å². The Morgan fingerprint density at radius 1 is 0.922 bits per heavy atom. The van der Waals surface area contributed by atoms with E-state index in [1.165, 1.54) is 6.07 Å². The number of aromatic nitrogens is 1. The van der Waals surface area contributed by atoms with E-state index in [1.54, 1.807) is 12.1 Å². The first-order valence-electron chi connectivity index (χ1n) is 17.2. The number of aromatic amines is 1. The van der Waals surface area contributed by atoms with Crippen LogP contribution >= 0.6 is 0 Å². The van der Waals surface area contributed by atoms with Gasteiger partial charge in [0.1, 0.15) is 11.9 Å². The third kappa shape index (κ3) is 4.98. The molecular formula is C39H35FN6O5. The summed E-state index contributed by atoms with van der Waals surface area (Å²) in [5.41, 5.74) is 6.29. The second-order valence-electron chi connectivity index (χ2n) is 14.3. The van der Waals surface area contributed by atoms with E-state index in [1.807, 2.05) is 12.1 Å². The molecular weight excluding hydrogens is 651 g/mol. The Bertz CT molecular complexity index is 2290. The van der Waals surface area contributed by atoms with Gasteiger partial charge in [0.25, 0.3) is 11.8 Å². The first kappa shape index (κ1) is 32.5. The van der Waals surface area contributed by atoms with E-state index < -0.39 is 40.9 Å². The number of hydrogen-bond acceptors (Lipinski definition) is 8. The van der Waals surface area contributed by atoms with Crippen LogP contribution in [0.2, 0.25) is 0 Å². The van der Waals surface area contributed by atoms with Crippen LogP contribution in [-0.2, 0) is 28.0 Å². The third-order valence-electron chi connectivity index (χ3n) is 11.0. The van der Waals surface area contributed by atoms with Gasteiger partial charge in [0, 0.05) is 78.0 Å². The Balaban J connectivity index is 1.02. The van der Waals surface area contributed by atoms with Crippen molar-refractivity contribution in [2.24, 2.45) is 0 Å². The van der Waals surface area contributed by atoms with Gasteiger partial charge in [-0.2, -0.15) is 5.26 Å². The van der Waals surface area contributed by atoms with Crippen LogP contribution in [0.5, 0.6) is 0 Å². The van der Waals surface area contributed by atoms with Crippen molar-refractivity contribution in [2.75, 3.05) is 31.1 Å². The second-order valence-corrected chi connectivity index (χ2v) is 14.3. The van der Waals surface area contributed by atoms with Crippen LogP contribution in [0.3, 0.4) is 0 Å². The molecule has 258 valence electrons. The fraction of sp³-hybridized carbons (Fsp3) is 0.333. The summed E-state index contributed by atoms with van der Waals surface area (Å²) in [5, 5.41) is 12.4. The van der Waals surface area contributed by atoms with E-state index in [0.29, 0.717) is 42.9 Å². The van der Waals surface area contributed by atoms with Crippen LogP contribution in [0, 0.1) is 17.1 Å². The van der Waals surface area contributed by atoms with Crippen molar-refractivity contribution in [3.05, 3.63) is 98.5 Å². The number of H-pyrrole nitrogens is 1. The minimum Gasteiger partial charge on any atom is -0.369 e. The first-order chi connectivity index (χ1) is 24.4. The van der Waals surface area contributed by atoms with Crippen molar-refractivity contribution < 1.29 is 28.4 Å². The van der Waals surface area contributed by atoms with Gasteiger partial charge < -0.3 is 9.88 Å². The summed E-state index contributed by atoms with van der Waals surface area (Å²) in [6.07, 6.45) is 0.764. The number of carbonyl (C=O) groups is 5. The predicted octanol–water partition coefficient (Wildman–Crippen LogP) is 4.33. The number of benzene rings is 3. The maximum absolute atomic E-state index is 15.4. The van der Waals surface area contributed by atoms with Gasteiger partial charge in [-0.05, 0) is 60.4 Å². The second kappa shape index (κ2) is 11.7. The lowest BCUT2D eigenvalue weighted by molar-refractivity contribution is -0.136. The number of anilines is 1. The molecule has 2 fully saturated rings. The molecule has 2 saturated heterocycles. The van der Waals surface area contributed by atoms with Gasteiger partial charge in [-0.25, -0.2) is 4.39 Å². The first-order valence-corrected chi connectivity index (χ1v) is 17.2.